The van der Waals surface area contributed by atoms with Crippen molar-refractivity contribution in [2.24, 2.45) is 0 Å². The molecule has 1 saturated heterocycles. The second-order valence-electron chi connectivity index (χ2n) is 7.28. The molecule has 2 aromatic rings. The van der Waals surface area contributed by atoms with Crippen LogP contribution >= 0.6 is 11.3 Å². The van der Waals surface area contributed by atoms with Crippen molar-refractivity contribution in [3.05, 3.63) is 45.6 Å². The molecule has 3 amide bonds. The molecule has 12 heteroatoms. The first-order valence-corrected chi connectivity index (χ1v) is 12.0. The lowest BCUT2D eigenvalue weighted by Gasteiger charge is -2.15. The smallest absolute Gasteiger partial charge is 0.350 e. The van der Waals surface area contributed by atoms with Gasteiger partial charge in [-0.1, -0.05) is 0 Å². The maximum Gasteiger partial charge on any atom is 0.350 e. The third-order valence-electron chi connectivity index (χ3n) is 5.21. The first-order valence-electron chi connectivity index (χ1n) is 9.71. The summed E-state index contributed by atoms with van der Waals surface area (Å²) in [5, 5.41) is 3.98. The molecule has 0 atom stereocenters. The van der Waals surface area contributed by atoms with Crippen LogP contribution in [0.15, 0.2) is 34.5 Å². The zero-order valence-electron chi connectivity index (χ0n) is 17.0. The molecular formula is C20H19N3O7S2. The summed E-state index contributed by atoms with van der Waals surface area (Å²) in [5.41, 5.74) is 0.670. The Bertz CT molecular complexity index is 1230. The maximum absolute atomic E-state index is 12.8. The van der Waals surface area contributed by atoms with Gasteiger partial charge in [-0.3, -0.25) is 19.3 Å². The number of nitrogens with one attached hydrogen (secondary N) is 1. The van der Waals surface area contributed by atoms with Crippen LogP contribution in [0.3, 0.4) is 0 Å². The maximum atomic E-state index is 12.8. The molecule has 168 valence electrons. The highest BCUT2D eigenvalue weighted by atomic mass is 32.2. The van der Waals surface area contributed by atoms with E-state index in [0.29, 0.717) is 13.1 Å². The number of hydrogen-bond acceptors (Lipinski definition) is 8. The molecule has 0 aliphatic carbocycles. The fourth-order valence-electron chi connectivity index (χ4n) is 3.55. The second kappa shape index (κ2) is 8.45. The van der Waals surface area contributed by atoms with Gasteiger partial charge in [0, 0.05) is 25.8 Å². The van der Waals surface area contributed by atoms with Gasteiger partial charge in [0.1, 0.15) is 9.77 Å². The molecule has 0 radical (unpaired) electrons. The molecule has 0 unspecified atom stereocenters. The molecule has 0 bridgehead atoms. The van der Waals surface area contributed by atoms with E-state index in [4.69, 9.17) is 4.74 Å². The Hall–Kier alpha value is -3.09. The van der Waals surface area contributed by atoms with Crippen molar-refractivity contribution < 1.29 is 32.3 Å². The van der Waals surface area contributed by atoms with Gasteiger partial charge in [-0.15, -0.1) is 11.3 Å². The minimum Gasteiger partial charge on any atom is -0.451 e. The van der Waals surface area contributed by atoms with E-state index in [0.717, 1.165) is 29.1 Å². The number of carbonyl (C=O) groups excluding carboxylic acids is 4. The Balaban J connectivity index is 1.40. The lowest BCUT2D eigenvalue weighted by molar-refractivity contribution is -0.119. The molecule has 1 aromatic heterocycles. The van der Waals surface area contributed by atoms with Gasteiger partial charge in [0.15, 0.2) is 6.61 Å². The van der Waals surface area contributed by atoms with Crippen LogP contribution in [0.25, 0.3) is 0 Å². The van der Waals surface area contributed by atoms with E-state index >= 15 is 0 Å². The highest BCUT2D eigenvalue weighted by Crippen LogP contribution is 2.28. The Labute approximate surface area is 187 Å². The lowest BCUT2D eigenvalue weighted by Crippen LogP contribution is -2.29. The Morgan fingerprint density at radius 2 is 1.78 bits per heavy atom. The van der Waals surface area contributed by atoms with Crippen molar-refractivity contribution in [1.82, 2.24) is 9.21 Å². The van der Waals surface area contributed by atoms with E-state index in [1.54, 1.807) is 0 Å². The largest absolute Gasteiger partial charge is 0.451 e. The summed E-state index contributed by atoms with van der Waals surface area (Å²) in [5.74, 6) is -2.49. The molecule has 32 heavy (non-hydrogen) atoms. The lowest BCUT2D eigenvalue weighted by atomic mass is 10.1. The summed E-state index contributed by atoms with van der Waals surface area (Å²) in [6, 6.07) is 5.62. The average Bonchev–Trinajstić information content (AvgIpc) is 3.51. The third kappa shape index (κ3) is 3.92. The monoisotopic (exact) mass is 477 g/mol. The summed E-state index contributed by atoms with van der Waals surface area (Å²) in [6.07, 6.45) is 1.53. The number of fused-ring (bicyclic) bond motifs is 1. The number of sulfonamides is 1. The minimum atomic E-state index is -3.80. The number of ether oxygens (including phenoxy) is 1. The zero-order valence-corrected chi connectivity index (χ0v) is 18.6. The number of carbonyl (C=O) groups is 4. The first kappa shape index (κ1) is 22.1. The quantitative estimate of drug-likeness (QED) is 0.493. The molecule has 2 aliphatic rings. The summed E-state index contributed by atoms with van der Waals surface area (Å²) < 4.78 is 31.9. The van der Waals surface area contributed by atoms with E-state index < -0.39 is 40.3 Å². The number of hydrogen-bond donors (Lipinski definition) is 1. The van der Waals surface area contributed by atoms with Crippen molar-refractivity contribution in [3.8, 4) is 0 Å². The van der Waals surface area contributed by atoms with Gasteiger partial charge in [0.2, 0.25) is 10.0 Å². The molecular weight excluding hydrogens is 458 g/mol. The number of amides is 3. The van der Waals surface area contributed by atoms with Gasteiger partial charge in [0.05, 0.1) is 11.1 Å². The molecule has 2 aliphatic heterocycles. The van der Waals surface area contributed by atoms with Gasteiger partial charge >= 0.3 is 5.97 Å². The van der Waals surface area contributed by atoms with Gasteiger partial charge in [-0.25, -0.2) is 13.2 Å². The van der Waals surface area contributed by atoms with Gasteiger partial charge in [-0.05, 0) is 42.5 Å². The number of imide groups is 1. The van der Waals surface area contributed by atoms with Crippen molar-refractivity contribution in [2.75, 3.05) is 32.1 Å². The minimum absolute atomic E-state index is 0.0885. The fraction of sp³-hybridized carbons (Fsp3) is 0.300. The van der Waals surface area contributed by atoms with Crippen molar-refractivity contribution >= 4 is 50.7 Å². The zero-order chi connectivity index (χ0) is 23.0. The van der Waals surface area contributed by atoms with Crippen LogP contribution in [-0.2, 0) is 19.6 Å². The predicted octanol–water partition coefficient (Wildman–Crippen LogP) is 1.55. The average molecular weight is 478 g/mol. The SMILES string of the molecule is CN1C(=O)c2ccc(NC(=O)COC(=O)c3sccc3S(=O)(=O)N3CCCC3)cc2C1=O. The molecule has 1 N–H and O–H groups in total. The van der Waals surface area contributed by atoms with Crippen molar-refractivity contribution in [1.29, 1.82) is 0 Å². The number of nitrogens with zero attached hydrogens (tertiary/aromatic N) is 2. The van der Waals surface area contributed by atoms with E-state index in [1.807, 2.05) is 0 Å². The van der Waals surface area contributed by atoms with Crippen LogP contribution in [0.1, 0.15) is 43.2 Å². The Morgan fingerprint density at radius 1 is 1.09 bits per heavy atom. The van der Waals surface area contributed by atoms with E-state index in [2.05, 4.69) is 5.32 Å². The van der Waals surface area contributed by atoms with Gasteiger partial charge < -0.3 is 10.1 Å². The Kier molecular flexibility index (Phi) is 5.84. The van der Waals surface area contributed by atoms with Crippen LogP contribution in [0.4, 0.5) is 5.69 Å². The predicted molar refractivity (Wildman–Crippen MR) is 114 cm³/mol. The number of thiophene rings is 1. The van der Waals surface area contributed by atoms with E-state index in [9.17, 15) is 27.6 Å². The van der Waals surface area contributed by atoms with Crippen LogP contribution in [0.2, 0.25) is 0 Å². The number of anilines is 1. The third-order valence-corrected chi connectivity index (χ3v) is 8.17. The molecule has 1 aromatic carbocycles. The fourth-order valence-corrected chi connectivity index (χ4v) is 6.35. The highest BCUT2D eigenvalue weighted by Gasteiger charge is 2.34. The first-order chi connectivity index (χ1) is 15.2. The molecule has 3 heterocycles. The molecule has 10 nitrogen and oxygen atoms in total. The van der Waals surface area contributed by atoms with Gasteiger partial charge in [-0.2, -0.15) is 4.31 Å². The van der Waals surface area contributed by atoms with Crippen molar-refractivity contribution in [3.63, 3.8) is 0 Å². The number of esters is 1. The van der Waals surface area contributed by atoms with Crippen LogP contribution in [-0.4, -0.2) is 68.1 Å². The van der Waals surface area contributed by atoms with Crippen LogP contribution in [0, 0.1) is 0 Å². The van der Waals surface area contributed by atoms with Crippen LogP contribution in [0.5, 0.6) is 0 Å². The molecule has 4 rings (SSSR count). The van der Waals surface area contributed by atoms with Gasteiger partial charge in [0.25, 0.3) is 17.7 Å². The highest BCUT2D eigenvalue weighted by molar-refractivity contribution is 7.89. The van der Waals surface area contributed by atoms with Crippen molar-refractivity contribution in [2.45, 2.75) is 17.7 Å². The summed E-state index contributed by atoms with van der Waals surface area (Å²) in [6.45, 7) is 0.156. The summed E-state index contributed by atoms with van der Waals surface area (Å²) in [4.78, 5) is 49.4. The summed E-state index contributed by atoms with van der Waals surface area (Å²) in [7, 11) is -2.43. The topological polar surface area (TPSA) is 130 Å². The number of rotatable bonds is 6. The standard InChI is InChI=1S/C20H19N3O7S2/c1-22-18(25)13-5-4-12(10-14(13)19(22)26)21-16(24)11-30-20(27)17-15(6-9-31-17)32(28,29)23-7-2-3-8-23/h4-6,9-10H,2-3,7-8,11H2,1H3,(H,21,24). The van der Waals surface area contributed by atoms with E-state index in [1.165, 1.54) is 41.0 Å². The number of benzene rings is 1. The van der Waals surface area contributed by atoms with Crippen LogP contribution < -0.4 is 5.32 Å². The summed E-state index contributed by atoms with van der Waals surface area (Å²) >= 11 is 0.927. The molecule has 0 spiro atoms. The normalized spacial score (nSPS) is 16.3. The second-order valence-corrected chi connectivity index (χ2v) is 10.1. The molecule has 0 saturated carbocycles. The Morgan fingerprint density at radius 3 is 2.50 bits per heavy atom. The van der Waals surface area contributed by atoms with E-state index in [-0.39, 0.29) is 26.6 Å². The molecule has 1 fully saturated rings.